The van der Waals surface area contributed by atoms with Gasteiger partial charge in [-0.15, -0.1) is 0 Å². The SMILES string of the molecule is CCOC(=O)C1=C(COC(=O)c2ccc(Cl)cc2O)NC(=O)N[C@H]1CC. The molecular formula is C17H19ClN2O6. The molecule has 1 heterocycles. The maximum atomic E-state index is 12.2. The number of carbonyl (C=O) groups is 3. The van der Waals surface area contributed by atoms with Gasteiger partial charge < -0.3 is 25.2 Å². The van der Waals surface area contributed by atoms with Crippen LogP contribution in [0, 0.1) is 0 Å². The summed E-state index contributed by atoms with van der Waals surface area (Å²) in [5.74, 6) is -1.76. The zero-order chi connectivity index (χ0) is 19.3. The summed E-state index contributed by atoms with van der Waals surface area (Å²) in [6, 6.07) is 2.89. The summed E-state index contributed by atoms with van der Waals surface area (Å²) >= 11 is 5.73. The first-order valence-corrected chi connectivity index (χ1v) is 8.38. The number of carbonyl (C=O) groups excluding carboxylic acids is 3. The summed E-state index contributed by atoms with van der Waals surface area (Å²) in [7, 11) is 0. The van der Waals surface area contributed by atoms with Crippen molar-refractivity contribution in [2.24, 2.45) is 0 Å². The lowest BCUT2D eigenvalue weighted by atomic mass is 10.0. The van der Waals surface area contributed by atoms with Crippen LogP contribution < -0.4 is 10.6 Å². The van der Waals surface area contributed by atoms with Crippen LogP contribution in [-0.4, -0.2) is 42.3 Å². The number of rotatable bonds is 6. The van der Waals surface area contributed by atoms with E-state index in [2.05, 4.69) is 10.6 Å². The summed E-state index contributed by atoms with van der Waals surface area (Å²) in [5, 5.41) is 15.1. The van der Waals surface area contributed by atoms with Crippen LogP contribution in [0.15, 0.2) is 29.5 Å². The number of phenolic OH excluding ortho intramolecular Hbond substituents is 1. The van der Waals surface area contributed by atoms with Gasteiger partial charge in [-0.3, -0.25) is 0 Å². The summed E-state index contributed by atoms with van der Waals surface area (Å²) < 4.78 is 10.2. The van der Waals surface area contributed by atoms with Gasteiger partial charge in [0.2, 0.25) is 0 Å². The molecule has 140 valence electrons. The first kappa shape index (κ1) is 19.6. The molecule has 0 bridgehead atoms. The van der Waals surface area contributed by atoms with E-state index in [1.165, 1.54) is 18.2 Å². The first-order valence-electron chi connectivity index (χ1n) is 8.00. The lowest BCUT2D eigenvalue weighted by Gasteiger charge is -2.28. The number of benzene rings is 1. The highest BCUT2D eigenvalue weighted by Gasteiger charge is 2.32. The van der Waals surface area contributed by atoms with E-state index in [1.807, 2.05) is 0 Å². The molecule has 9 heteroatoms. The second-order valence-electron chi connectivity index (χ2n) is 5.41. The Morgan fingerprint density at radius 1 is 1.23 bits per heavy atom. The van der Waals surface area contributed by atoms with Gasteiger partial charge in [-0.25, -0.2) is 14.4 Å². The van der Waals surface area contributed by atoms with Gasteiger partial charge in [0.25, 0.3) is 0 Å². The highest BCUT2D eigenvalue weighted by Crippen LogP contribution is 2.23. The number of amides is 2. The van der Waals surface area contributed by atoms with Crippen molar-refractivity contribution in [3.63, 3.8) is 0 Å². The monoisotopic (exact) mass is 382 g/mol. The molecule has 8 nitrogen and oxygen atoms in total. The number of esters is 2. The third-order valence-corrected chi connectivity index (χ3v) is 3.91. The largest absolute Gasteiger partial charge is 0.507 e. The van der Waals surface area contributed by atoms with Crippen molar-refractivity contribution in [3.8, 4) is 5.75 Å². The zero-order valence-electron chi connectivity index (χ0n) is 14.3. The third kappa shape index (κ3) is 4.45. The van der Waals surface area contributed by atoms with Crippen molar-refractivity contribution in [1.29, 1.82) is 0 Å². The lowest BCUT2D eigenvalue weighted by Crippen LogP contribution is -2.51. The number of halogens is 1. The molecule has 2 rings (SSSR count). The van der Waals surface area contributed by atoms with Gasteiger partial charge in [-0.05, 0) is 31.5 Å². The first-order chi connectivity index (χ1) is 12.4. The van der Waals surface area contributed by atoms with Crippen molar-refractivity contribution < 1.29 is 29.0 Å². The molecule has 1 aliphatic rings. The van der Waals surface area contributed by atoms with Gasteiger partial charge in [0.1, 0.15) is 17.9 Å². The Bertz CT molecular complexity index is 762. The molecule has 3 N–H and O–H groups in total. The van der Waals surface area contributed by atoms with Crippen LogP contribution in [0.1, 0.15) is 30.6 Å². The maximum Gasteiger partial charge on any atom is 0.342 e. The van der Waals surface area contributed by atoms with Crippen LogP contribution in [0.25, 0.3) is 0 Å². The number of aromatic hydroxyl groups is 1. The van der Waals surface area contributed by atoms with Crippen molar-refractivity contribution in [2.75, 3.05) is 13.2 Å². The van der Waals surface area contributed by atoms with Gasteiger partial charge in [0.15, 0.2) is 0 Å². The zero-order valence-corrected chi connectivity index (χ0v) is 15.1. The molecule has 1 aliphatic heterocycles. The van der Waals surface area contributed by atoms with E-state index in [1.54, 1.807) is 13.8 Å². The fourth-order valence-electron chi connectivity index (χ4n) is 2.47. The predicted molar refractivity (Wildman–Crippen MR) is 92.8 cm³/mol. The summed E-state index contributed by atoms with van der Waals surface area (Å²) in [6.07, 6.45) is 0.455. The highest BCUT2D eigenvalue weighted by molar-refractivity contribution is 6.30. The van der Waals surface area contributed by atoms with E-state index in [9.17, 15) is 19.5 Å². The van der Waals surface area contributed by atoms with Gasteiger partial charge in [0.05, 0.1) is 23.9 Å². The molecule has 0 aromatic heterocycles. The normalized spacial score (nSPS) is 16.6. The van der Waals surface area contributed by atoms with Gasteiger partial charge in [-0.1, -0.05) is 18.5 Å². The molecule has 0 aliphatic carbocycles. The van der Waals surface area contributed by atoms with E-state index >= 15 is 0 Å². The van der Waals surface area contributed by atoms with Crippen molar-refractivity contribution in [2.45, 2.75) is 26.3 Å². The number of hydrogen-bond acceptors (Lipinski definition) is 6. The second-order valence-corrected chi connectivity index (χ2v) is 5.85. The van der Waals surface area contributed by atoms with Crippen LogP contribution in [0.4, 0.5) is 4.79 Å². The van der Waals surface area contributed by atoms with Crippen molar-refractivity contribution in [1.82, 2.24) is 10.6 Å². The molecule has 26 heavy (non-hydrogen) atoms. The number of ether oxygens (including phenoxy) is 2. The minimum atomic E-state index is -0.823. The Morgan fingerprint density at radius 3 is 2.58 bits per heavy atom. The van der Waals surface area contributed by atoms with E-state index in [0.29, 0.717) is 6.42 Å². The number of hydrogen-bond donors (Lipinski definition) is 3. The molecule has 1 aromatic carbocycles. The van der Waals surface area contributed by atoms with Crippen LogP contribution in [0.2, 0.25) is 5.02 Å². The van der Waals surface area contributed by atoms with E-state index in [-0.39, 0.29) is 40.8 Å². The molecule has 0 saturated carbocycles. The van der Waals surface area contributed by atoms with Crippen LogP contribution in [0.5, 0.6) is 5.75 Å². The maximum absolute atomic E-state index is 12.2. The Kier molecular flexibility index (Phi) is 6.46. The molecule has 1 aromatic rings. The van der Waals surface area contributed by atoms with E-state index in [0.717, 1.165) is 0 Å². The van der Waals surface area contributed by atoms with Gasteiger partial charge in [-0.2, -0.15) is 0 Å². The second kappa shape index (κ2) is 8.57. The lowest BCUT2D eigenvalue weighted by molar-refractivity contribution is -0.139. The number of nitrogens with one attached hydrogen (secondary N) is 2. The molecule has 2 amide bonds. The topological polar surface area (TPSA) is 114 Å². The predicted octanol–water partition coefficient (Wildman–Crippen LogP) is 2.11. The average molecular weight is 383 g/mol. The Balaban J connectivity index is 2.23. The summed E-state index contributed by atoms with van der Waals surface area (Å²) in [6.45, 7) is 3.26. The third-order valence-electron chi connectivity index (χ3n) is 3.67. The number of phenols is 1. The molecular weight excluding hydrogens is 364 g/mol. The molecule has 0 saturated heterocycles. The Morgan fingerprint density at radius 2 is 1.96 bits per heavy atom. The Hall–Kier alpha value is -2.74. The molecule has 0 fully saturated rings. The summed E-state index contributed by atoms with van der Waals surface area (Å²) in [4.78, 5) is 36.2. The van der Waals surface area contributed by atoms with Gasteiger partial charge >= 0.3 is 18.0 Å². The van der Waals surface area contributed by atoms with Crippen LogP contribution in [-0.2, 0) is 14.3 Å². The summed E-state index contributed by atoms with van der Waals surface area (Å²) in [5.41, 5.74) is 0.253. The van der Waals surface area contributed by atoms with E-state index < -0.39 is 24.0 Å². The molecule has 0 unspecified atom stereocenters. The molecule has 1 atom stereocenters. The van der Waals surface area contributed by atoms with Crippen molar-refractivity contribution in [3.05, 3.63) is 40.1 Å². The molecule has 0 spiro atoms. The fourth-order valence-corrected chi connectivity index (χ4v) is 2.63. The standard InChI is InChI=1S/C17H19ClN2O6/c1-3-11-14(16(23)25-4-2)12(20-17(24)19-11)8-26-15(22)10-6-5-9(18)7-13(10)21/h5-7,11,21H,3-4,8H2,1-2H3,(H2,19,20,24)/t11-/m0/s1. The Labute approximate surface area is 155 Å². The minimum absolute atomic E-state index is 0.0833. The highest BCUT2D eigenvalue weighted by atomic mass is 35.5. The minimum Gasteiger partial charge on any atom is -0.507 e. The fraction of sp³-hybridized carbons (Fsp3) is 0.353. The van der Waals surface area contributed by atoms with Crippen LogP contribution in [0.3, 0.4) is 0 Å². The molecule has 0 radical (unpaired) electrons. The smallest absolute Gasteiger partial charge is 0.342 e. The van der Waals surface area contributed by atoms with Crippen molar-refractivity contribution >= 4 is 29.6 Å². The van der Waals surface area contributed by atoms with Crippen LogP contribution >= 0.6 is 11.6 Å². The van der Waals surface area contributed by atoms with Gasteiger partial charge in [0, 0.05) is 5.02 Å². The van der Waals surface area contributed by atoms with E-state index in [4.69, 9.17) is 21.1 Å². The quantitative estimate of drug-likeness (QED) is 0.649. The number of urea groups is 1. The average Bonchev–Trinajstić information content (AvgIpc) is 2.59.